The van der Waals surface area contributed by atoms with E-state index in [4.69, 9.17) is 15.6 Å². The molecule has 100 valence electrons. The highest BCUT2D eigenvalue weighted by atomic mass is 32.2. The second-order valence-corrected chi connectivity index (χ2v) is 4.87. The van der Waals surface area contributed by atoms with E-state index in [1.54, 1.807) is 13.8 Å². The van der Waals surface area contributed by atoms with Gasteiger partial charge in [-0.15, -0.1) is 0 Å². The zero-order valence-electron chi connectivity index (χ0n) is 10.3. The third-order valence-electron chi connectivity index (χ3n) is 2.51. The van der Waals surface area contributed by atoms with Crippen LogP contribution in [-0.2, 0) is 0 Å². The second-order valence-electron chi connectivity index (χ2n) is 3.91. The van der Waals surface area contributed by atoms with Crippen molar-refractivity contribution in [1.82, 2.24) is 4.98 Å². The fraction of sp³-hybridized carbons (Fsp3) is 0.167. The van der Waals surface area contributed by atoms with Gasteiger partial charge in [0, 0.05) is 5.56 Å². The van der Waals surface area contributed by atoms with Gasteiger partial charge in [0.25, 0.3) is 5.22 Å². The Balaban J connectivity index is 2.38. The van der Waals surface area contributed by atoms with Gasteiger partial charge in [-0.1, -0.05) is 0 Å². The molecule has 1 aromatic heterocycles. The first kappa shape index (κ1) is 13.5. The molecule has 0 radical (unpaired) electrons. The van der Waals surface area contributed by atoms with Crippen LogP contribution in [0.1, 0.15) is 17.0 Å². The van der Waals surface area contributed by atoms with Crippen molar-refractivity contribution in [3.63, 3.8) is 0 Å². The van der Waals surface area contributed by atoms with Crippen LogP contribution in [0.4, 0.5) is 8.78 Å². The Bertz CT molecular complexity index is 612. The molecule has 0 saturated heterocycles. The molecule has 1 heterocycles. The highest BCUT2D eigenvalue weighted by molar-refractivity contribution is 7.99. The fourth-order valence-corrected chi connectivity index (χ4v) is 2.22. The van der Waals surface area contributed by atoms with Crippen LogP contribution in [0, 0.1) is 30.9 Å². The number of nitrogens with one attached hydrogen (secondary N) is 1. The van der Waals surface area contributed by atoms with Crippen LogP contribution in [0.2, 0.25) is 0 Å². The van der Waals surface area contributed by atoms with Crippen LogP contribution >= 0.6 is 11.8 Å². The quantitative estimate of drug-likeness (QED) is 0.670. The summed E-state index contributed by atoms with van der Waals surface area (Å²) >= 11 is 0.757. The smallest absolute Gasteiger partial charge is 0.261 e. The van der Waals surface area contributed by atoms with Gasteiger partial charge in [-0.05, 0) is 37.7 Å². The molecule has 3 N–H and O–H groups in total. The number of oxazole rings is 1. The highest BCUT2D eigenvalue weighted by Gasteiger charge is 2.17. The van der Waals surface area contributed by atoms with Crippen molar-refractivity contribution in [2.75, 3.05) is 0 Å². The molecule has 7 heteroatoms. The number of aryl methyl sites for hydroxylation is 2. The van der Waals surface area contributed by atoms with E-state index in [9.17, 15) is 8.78 Å². The van der Waals surface area contributed by atoms with Gasteiger partial charge < -0.3 is 10.2 Å². The molecule has 0 atom stereocenters. The Morgan fingerprint density at radius 1 is 1.32 bits per heavy atom. The summed E-state index contributed by atoms with van der Waals surface area (Å²) in [4.78, 5) is 3.81. The molecule has 0 bridgehead atoms. The summed E-state index contributed by atoms with van der Waals surface area (Å²) in [7, 11) is 0. The first-order valence-corrected chi connectivity index (χ1v) is 6.15. The molecular weight excluding hydrogens is 272 g/mol. The average Bonchev–Trinajstić information content (AvgIpc) is 2.63. The lowest BCUT2D eigenvalue weighted by molar-refractivity contribution is 0.429. The highest BCUT2D eigenvalue weighted by Crippen LogP contribution is 2.33. The summed E-state index contributed by atoms with van der Waals surface area (Å²) in [5.41, 5.74) is 5.86. The third kappa shape index (κ3) is 2.76. The second kappa shape index (κ2) is 5.00. The molecule has 0 amide bonds. The Kier molecular flexibility index (Phi) is 3.57. The van der Waals surface area contributed by atoms with E-state index in [0.717, 1.165) is 23.9 Å². The Labute approximate surface area is 112 Å². The van der Waals surface area contributed by atoms with Crippen molar-refractivity contribution in [3.05, 3.63) is 40.8 Å². The normalized spacial score (nSPS) is 10.7. The number of nitrogens with two attached hydrogens (primary N) is 1. The summed E-state index contributed by atoms with van der Waals surface area (Å²) in [6.07, 6.45) is 0. The van der Waals surface area contributed by atoms with E-state index in [0.29, 0.717) is 11.5 Å². The minimum atomic E-state index is -0.802. The largest absolute Gasteiger partial charge is 0.436 e. The van der Waals surface area contributed by atoms with Crippen LogP contribution < -0.4 is 5.73 Å². The van der Waals surface area contributed by atoms with Crippen LogP contribution in [-0.4, -0.2) is 10.8 Å². The predicted octanol–water partition coefficient (Wildman–Crippen LogP) is 3.00. The lowest BCUT2D eigenvalue weighted by Crippen LogP contribution is -2.12. The van der Waals surface area contributed by atoms with E-state index in [1.165, 1.54) is 0 Å². The molecule has 0 aliphatic heterocycles. The van der Waals surface area contributed by atoms with Crippen LogP contribution in [0.5, 0.6) is 0 Å². The van der Waals surface area contributed by atoms with Gasteiger partial charge >= 0.3 is 0 Å². The van der Waals surface area contributed by atoms with Crippen molar-refractivity contribution >= 4 is 17.6 Å². The first-order valence-electron chi connectivity index (χ1n) is 5.34. The van der Waals surface area contributed by atoms with Crippen molar-refractivity contribution in [2.45, 2.75) is 24.0 Å². The number of nitrogen functional groups attached to an aromatic ring is 1. The van der Waals surface area contributed by atoms with E-state index >= 15 is 0 Å². The van der Waals surface area contributed by atoms with Gasteiger partial charge in [-0.25, -0.2) is 13.8 Å². The van der Waals surface area contributed by atoms with Gasteiger partial charge in [-0.3, -0.25) is 5.41 Å². The number of aromatic nitrogens is 1. The van der Waals surface area contributed by atoms with Gasteiger partial charge in [-0.2, -0.15) is 0 Å². The Morgan fingerprint density at radius 2 is 1.89 bits per heavy atom. The Hall–Kier alpha value is -1.89. The molecule has 0 spiro atoms. The fourth-order valence-electron chi connectivity index (χ4n) is 1.39. The summed E-state index contributed by atoms with van der Waals surface area (Å²) in [5, 5.41) is 7.33. The van der Waals surface area contributed by atoms with Gasteiger partial charge in [0.05, 0.1) is 10.6 Å². The number of hydrogen-bond donors (Lipinski definition) is 2. The third-order valence-corrected chi connectivity index (χ3v) is 3.45. The number of nitrogens with zero attached hydrogens (tertiary/aromatic N) is 1. The maximum absolute atomic E-state index is 13.8. The monoisotopic (exact) mass is 283 g/mol. The first-order chi connectivity index (χ1) is 8.88. The van der Waals surface area contributed by atoms with E-state index < -0.39 is 17.5 Å². The molecule has 0 fully saturated rings. The van der Waals surface area contributed by atoms with E-state index in [2.05, 4.69) is 4.98 Å². The Morgan fingerprint density at radius 3 is 2.32 bits per heavy atom. The van der Waals surface area contributed by atoms with Gasteiger partial charge in [0.2, 0.25) is 0 Å². The molecule has 0 aliphatic carbocycles. The number of hydrogen-bond acceptors (Lipinski definition) is 4. The topological polar surface area (TPSA) is 75.9 Å². The molecule has 1 aromatic carbocycles. The van der Waals surface area contributed by atoms with Gasteiger partial charge in [0.1, 0.15) is 23.2 Å². The zero-order valence-corrected chi connectivity index (χ0v) is 11.1. The van der Waals surface area contributed by atoms with E-state index in [-0.39, 0.29) is 15.7 Å². The molecule has 2 rings (SSSR count). The maximum atomic E-state index is 13.8. The summed E-state index contributed by atoms with van der Waals surface area (Å²) in [6, 6.07) is 2.02. The van der Waals surface area contributed by atoms with Gasteiger partial charge in [0.15, 0.2) is 0 Å². The van der Waals surface area contributed by atoms with Crippen LogP contribution in [0.3, 0.4) is 0 Å². The summed E-state index contributed by atoms with van der Waals surface area (Å²) in [5.74, 6) is -1.40. The standard InChI is InChI=1S/C12H11F2N3OS/c1-5-6(2)18-12(17-5)19-10-8(13)3-7(11(15)16)4-9(10)14/h3-4H,1-2H3,(H3,15,16). The minimum Gasteiger partial charge on any atom is -0.436 e. The van der Waals surface area contributed by atoms with Crippen molar-refractivity contribution < 1.29 is 13.2 Å². The van der Waals surface area contributed by atoms with E-state index in [1.807, 2.05) is 0 Å². The van der Waals surface area contributed by atoms with Crippen molar-refractivity contribution in [1.29, 1.82) is 5.41 Å². The summed E-state index contributed by atoms with van der Waals surface area (Å²) in [6.45, 7) is 3.46. The zero-order chi connectivity index (χ0) is 14.2. The molecule has 0 saturated carbocycles. The number of amidine groups is 1. The molecule has 0 unspecified atom stereocenters. The number of halogens is 2. The molecule has 0 aliphatic rings. The number of rotatable bonds is 3. The minimum absolute atomic E-state index is 0.000819. The molecule has 2 aromatic rings. The van der Waals surface area contributed by atoms with Crippen molar-refractivity contribution in [3.8, 4) is 0 Å². The average molecular weight is 283 g/mol. The molecular formula is C12H11F2N3OS. The van der Waals surface area contributed by atoms with Crippen LogP contribution in [0.25, 0.3) is 0 Å². The molecule has 19 heavy (non-hydrogen) atoms. The van der Waals surface area contributed by atoms with Crippen molar-refractivity contribution in [2.24, 2.45) is 5.73 Å². The molecule has 4 nitrogen and oxygen atoms in total. The number of benzene rings is 1. The predicted molar refractivity (Wildman–Crippen MR) is 67.5 cm³/mol. The lowest BCUT2D eigenvalue weighted by Gasteiger charge is -2.05. The SMILES string of the molecule is Cc1nc(Sc2c(F)cc(C(=N)N)cc2F)oc1C. The maximum Gasteiger partial charge on any atom is 0.261 e. The lowest BCUT2D eigenvalue weighted by atomic mass is 10.2. The van der Waals surface area contributed by atoms with Crippen LogP contribution in [0.15, 0.2) is 26.7 Å². The summed E-state index contributed by atoms with van der Waals surface area (Å²) < 4.78 is 32.8.